The van der Waals surface area contributed by atoms with Gasteiger partial charge in [-0.2, -0.15) is 0 Å². The van der Waals surface area contributed by atoms with E-state index in [2.05, 4.69) is 15.2 Å². The first-order chi connectivity index (χ1) is 13.1. The molecule has 1 amide bonds. The summed E-state index contributed by atoms with van der Waals surface area (Å²) in [5, 5.41) is 4.18. The highest BCUT2D eigenvalue weighted by Crippen LogP contribution is 2.19. The SMILES string of the molecule is CN=C(NCC1CCCN(C(=O)OC(C)(C)C)C1)N(C)Cc1cc(Cl)cn1C. The Labute approximate surface area is 173 Å². The van der Waals surface area contributed by atoms with Crippen molar-refractivity contribution < 1.29 is 9.53 Å². The van der Waals surface area contributed by atoms with Crippen LogP contribution >= 0.6 is 11.6 Å². The molecule has 7 nitrogen and oxygen atoms in total. The fourth-order valence-electron chi connectivity index (χ4n) is 3.39. The fraction of sp³-hybridized carbons (Fsp3) is 0.700. The number of nitrogens with one attached hydrogen (secondary N) is 1. The Morgan fingerprint density at radius 3 is 2.75 bits per heavy atom. The maximum atomic E-state index is 12.3. The van der Waals surface area contributed by atoms with E-state index < -0.39 is 5.60 Å². The number of aliphatic imine (C=N–C) groups is 1. The van der Waals surface area contributed by atoms with Gasteiger partial charge in [-0.1, -0.05) is 11.6 Å². The standard InChI is InChI=1S/C20H34ClN5O2/c1-20(2,3)28-19(27)26-9-7-8-15(12-26)11-23-18(22-4)25(6)14-17-10-16(21)13-24(17)5/h10,13,15H,7-9,11-12,14H2,1-6H3,(H,22,23). The lowest BCUT2D eigenvalue weighted by Crippen LogP contribution is -2.47. The molecule has 1 aliphatic heterocycles. The van der Waals surface area contributed by atoms with E-state index in [9.17, 15) is 4.79 Å². The topological polar surface area (TPSA) is 62.1 Å². The molecule has 8 heteroatoms. The highest BCUT2D eigenvalue weighted by molar-refractivity contribution is 6.30. The van der Waals surface area contributed by atoms with Gasteiger partial charge < -0.3 is 24.4 Å². The van der Waals surface area contributed by atoms with Crippen molar-refractivity contribution in [1.29, 1.82) is 0 Å². The van der Waals surface area contributed by atoms with Crippen LogP contribution in [0.1, 0.15) is 39.3 Å². The van der Waals surface area contributed by atoms with Crippen molar-refractivity contribution in [3.05, 3.63) is 23.0 Å². The summed E-state index contributed by atoms with van der Waals surface area (Å²) in [6.07, 6.45) is 3.75. The largest absolute Gasteiger partial charge is 0.444 e. The van der Waals surface area contributed by atoms with Crippen LogP contribution in [0.25, 0.3) is 0 Å². The van der Waals surface area contributed by atoms with Crippen LogP contribution in [0.3, 0.4) is 0 Å². The minimum atomic E-state index is -0.465. The second kappa shape index (κ2) is 9.54. The molecule has 0 saturated carbocycles. The lowest BCUT2D eigenvalue weighted by Gasteiger charge is -2.34. The predicted molar refractivity (Wildman–Crippen MR) is 114 cm³/mol. The molecule has 1 aliphatic rings. The number of nitrogens with zero attached hydrogens (tertiary/aromatic N) is 4. The lowest BCUT2D eigenvalue weighted by atomic mass is 9.98. The van der Waals surface area contributed by atoms with Gasteiger partial charge in [0, 0.05) is 52.7 Å². The van der Waals surface area contributed by atoms with Crippen molar-refractivity contribution in [3.8, 4) is 0 Å². The van der Waals surface area contributed by atoms with Crippen LogP contribution in [-0.4, -0.2) is 65.8 Å². The second-order valence-electron chi connectivity index (χ2n) is 8.48. The molecule has 1 aromatic heterocycles. The fourth-order valence-corrected chi connectivity index (χ4v) is 3.66. The van der Waals surface area contributed by atoms with Crippen molar-refractivity contribution in [3.63, 3.8) is 0 Å². The van der Waals surface area contributed by atoms with E-state index in [0.29, 0.717) is 19.0 Å². The zero-order valence-corrected chi connectivity index (χ0v) is 18.7. The normalized spacial score (nSPS) is 18.2. The van der Waals surface area contributed by atoms with Gasteiger partial charge in [0.1, 0.15) is 5.60 Å². The molecule has 0 spiro atoms. The Hall–Kier alpha value is -1.89. The molecule has 0 radical (unpaired) electrons. The monoisotopic (exact) mass is 411 g/mol. The molecule has 0 bridgehead atoms. The van der Waals surface area contributed by atoms with Crippen LogP contribution in [-0.2, 0) is 18.3 Å². The quantitative estimate of drug-likeness (QED) is 0.609. The van der Waals surface area contributed by atoms with E-state index >= 15 is 0 Å². The summed E-state index contributed by atoms with van der Waals surface area (Å²) in [4.78, 5) is 20.6. The number of amides is 1. The van der Waals surface area contributed by atoms with Gasteiger partial charge in [-0.15, -0.1) is 0 Å². The number of carbonyl (C=O) groups excluding carboxylic acids is 1. The smallest absolute Gasteiger partial charge is 0.410 e. The third kappa shape index (κ3) is 6.62. The second-order valence-corrected chi connectivity index (χ2v) is 8.92. The molecular weight excluding hydrogens is 378 g/mol. The summed E-state index contributed by atoms with van der Waals surface area (Å²) >= 11 is 6.08. The first kappa shape index (κ1) is 22.4. The van der Waals surface area contributed by atoms with Crippen LogP contribution in [0.2, 0.25) is 5.02 Å². The van der Waals surface area contributed by atoms with E-state index in [1.807, 2.05) is 56.6 Å². The Bertz CT molecular complexity index is 695. The van der Waals surface area contributed by atoms with Gasteiger partial charge in [-0.25, -0.2) is 4.79 Å². The minimum absolute atomic E-state index is 0.223. The number of ether oxygens (including phenoxy) is 1. The van der Waals surface area contributed by atoms with Crippen LogP contribution in [0, 0.1) is 5.92 Å². The van der Waals surface area contributed by atoms with Crippen molar-refractivity contribution in [2.45, 2.75) is 45.8 Å². The van der Waals surface area contributed by atoms with Gasteiger partial charge in [0.2, 0.25) is 0 Å². The molecule has 1 aromatic rings. The number of aromatic nitrogens is 1. The summed E-state index contributed by atoms with van der Waals surface area (Å²) in [5.74, 6) is 1.20. The van der Waals surface area contributed by atoms with Crippen LogP contribution in [0.5, 0.6) is 0 Å². The number of guanidine groups is 1. The maximum absolute atomic E-state index is 12.3. The Balaban J connectivity index is 1.86. The van der Waals surface area contributed by atoms with Crippen LogP contribution < -0.4 is 5.32 Å². The number of likely N-dealkylation sites (tertiary alicyclic amines) is 1. The molecule has 28 heavy (non-hydrogen) atoms. The molecule has 2 heterocycles. The van der Waals surface area contributed by atoms with Crippen molar-refractivity contribution in [2.75, 3.05) is 33.7 Å². The average Bonchev–Trinajstić information content (AvgIpc) is 2.91. The first-order valence-corrected chi connectivity index (χ1v) is 10.2. The number of halogens is 1. The molecule has 2 rings (SSSR count). The Morgan fingerprint density at radius 1 is 1.46 bits per heavy atom. The molecular formula is C20H34ClN5O2. The number of hydrogen-bond donors (Lipinski definition) is 1. The summed E-state index contributed by atoms with van der Waals surface area (Å²) in [7, 11) is 5.77. The van der Waals surface area contributed by atoms with Crippen molar-refractivity contribution >= 4 is 23.7 Å². The van der Waals surface area contributed by atoms with E-state index in [0.717, 1.165) is 42.6 Å². The van der Waals surface area contributed by atoms with Gasteiger partial charge in [0.15, 0.2) is 5.96 Å². The molecule has 0 aromatic carbocycles. The van der Waals surface area contributed by atoms with E-state index in [1.54, 1.807) is 7.05 Å². The zero-order valence-electron chi connectivity index (χ0n) is 18.0. The number of rotatable bonds is 4. The highest BCUT2D eigenvalue weighted by Gasteiger charge is 2.27. The summed E-state index contributed by atoms with van der Waals surface area (Å²) < 4.78 is 7.53. The molecule has 1 atom stereocenters. The predicted octanol–water partition coefficient (Wildman–Crippen LogP) is 3.33. The molecule has 0 aliphatic carbocycles. The first-order valence-electron chi connectivity index (χ1n) is 9.79. The van der Waals surface area contributed by atoms with Crippen molar-refractivity contribution in [2.24, 2.45) is 18.0 Å². The number of hydrogen-bond acceptors (Lipinski definition) is 3. The van der Waals surface area contributed by atoms with E-state index in [4.69, 9.17) is 16.3 Å². The van der Waals surface area contributed by atoms with Gasteiger partial charge >= 0.3 is 6.09 Å². The zero-order chi connectivity index (χ0) is 20.9. The number of aryl methyl sites for hydroxylation is 1. The van der Waals surface area contributed by atoms with Gasteiger partial charge in [0.25, 0.3) is 0 Å². The molecule has 1 saturated heterocycles. The maximum Gasteiger partial charge on any atom is 0.410 e. The molecule has 158 valence electrons. The van der Waals surface area contributed by atoms with Gasteiger partial charge in [0.05, 0.1) is 11.6 Å². The summed E-state index contributed by atoms with van der Waals surface area (Å²) in [6.45, 7) is 8.63. The third-order valence-corrected chi connectivity index (χ3v) is 4.97. The van der Waals surface area contributed by atoms with E-state index in [1.165, 1.54) is 0 Å². The van der Waals surface area contributed by atoms with Crippen LogP contribution in [0.15, 0.2) is 17.3 Å². The summed E-state index contributed by atoms with van der Waals surface area (Å²) in [6, 6.07) is 1.96. The molecule has 1 unspecified atom stereocenters. The van der Waals surface area contributed by atoms with Crippen molar-refractivity contribution in [1.82, 2.24) is 19.7 Å². The van der Waals surface area contributed by atoms with Gasteiger partial charge in [-0.05, 0) is 45.6 Å². The molecule has 1 N–H and O–H groups in total. The highest BCUT2D eigenvalue weighted by atomic mass is 35.5. The summed E-state index contributed by atoms with van der Waals surface area (Å²) in [5.41, 5.74) is 0.650. The number of piperidine rings is 1. The Kier molecular flexibility index (Phi) is 7.63. The number of carbonyl (C=O) groups is 1. The Morgan fingerprint density at radius 2 is 2.18 bits per heavy atom. The average molecular weight is 412 g/mol. The minimum Gasteiger partial charge on any atom is -0.444 e. The van der Waals surface area contributed by atoms with Gasteiger partial charge in [-0.3, -0.25) is 4.99 Å². The van der Waals surface area contributed by atoms with E-state index in [-0.39, 0.29) is 6.09 Å². The molecule has 1 fully saturated rings. The third-order valence-electron chi connectivity index (χ3n) is 4.77. The van der Waals surface area contributed by atoms with Crippen LogP contribution in [0.4, 0.5) is 4.79 Å². The lowest BCUT2D eigenvalue weighted by molar-refractivity contribution is 0.0168.